The molecule has 1 unspecified atom stereocenters. The molecule has 3 heterocycles. The summed E-state index contributed by atoms with van der Waals surface area (Å²) in [4.78, 5) is 62.0. The number of hydrogen-bond donors (Lipinski definition) is 3. The Balaban J connectivity index is 1.36. The number of carbonyl (C=O) groups excluding carboxylic acids is 2. The first-order chi connectivity index (χ1) is 19.4. The van der Waals surface area contributed by atoms with Crippen molar-refractivity contribution < 1.29 is 29.2 Å². The Labute approximate surface area is 241 Å². The summed E-state index contributed by atoms with van der Waals surface area (Å²) in [6.45, 7) is 3.49. The molecule has 2 amide bonds. The van der Waals surface area contributed by atoms with Crippen molar-refractivity contribution in [2.75, 3.05) is 5.32 Å². The molecule has 2 fully saturated rings. The molecule has 41 heavy (non-hydrogen) atoms. The van der Waals surface area contributed by atoms with Gasteiger partial charge < -0.3 is 25.4 Å². The maximum atomic E-state index is 13.5. The van der Waals surface area contributed by atoms with Crippen LogP contribution < -0.4 is 15.4 Å². The molecule has 2 saturated heterocycles. The largest absolute Gasteiger partial charge is 0.480 e. The third-order valence-corrected chi connectivity index (χ3v) is 8.23. The van der Waals surface area contributed by atoms with Gasteiger partial charge >= 0.3 is 12.0 Å². The molecular formula is C25H22ClN7O7S. The van der Waals surface area contributed by atoms with Crippen molar-refractivity contribution in [2.24, 2.45) is 0 Å². The number of carboxylic acids is 1. The van der Waals surface area contributed by atoms with E-state index in [-0.39, 0.29) is 28.7 Å². The molecular weight excluding hydrogens is 578 g/mol. The summed E-state index contributed by atoms with van der Waals surface area (Å²) in [7, 11) is 0. The van der Waals surface area contributed by atoms with Crippen LogP contribution in [-0.2, 0) is 14.4 Å². The lowest BCUT2D eigenvalue weighted by atomic mass is 9.95. The monoisotopic (exact) mass is 599 g/mol. The number of fused-ring (bicyclic) bond motifs is 1. The number of β-lactam (4-membered cyclic amide) rings is 1. The zero-order valence-corrected chi connectivity index (χ0v) is 23.0. The van der Waals surface area contributed by atoms with Gasteiger partial charge in [-0.3, -0.25) is 19.7 Å². The van der Waals surface area contributed by atoms with Crippen molar-refractivity contribution in [2.45, 2.75) is 42.1 Å². The first-order valence-corrected chi connectivity index (χ1v) is 13.4. The highest BCUT2D eigenvalue weighted by Gasteiger charge is 2.64. The van der Waals surface area contributed by atoms with Gasteiger partial charge in [0.25, 0.3) is 5.69 Å². The highest BCUT2D eigenvalue weighted by molar-refractivity contribution is 8.01. The van der Waals surface area contributed by atoms with Crippen LogP contribution in [0.3, 0.4) is 0 Å². The smallest absolute Gasteiger partial charge is 0.328 e. The molecule has 3 aromatic rings. The second-order valence-electron chi connectivity index (χ2n) is 9.64. The average molecular weight is 600 g/mol. The Morgan fingerprint density at radius 3 is 2.46 bits per heavy atom. The second-order valence-corrected chi connectivity index (χ2v) is 11.7. The lowest BCUT2D eigenvalue weighted by molar-refractivity contribution is -0.384. The van der Waals surface area contributed by atoms with Crippen LogP contribution in [0.1, 0.15) is 25.5 Å². The van der Waals surface area contributed by atoms with Gasteiger partial charge in [-0.15, -0.1) is 11.8 Å². The molecule has 0 bridgehead atoms. The Kier molecular flexibility index (Phi) is 7.40. The van der Waals surface area contributed by atoms with Gasteiger partial charge in [0.05, 0.1) is 4.92 Å². The number of amides is 2. The van der Waals surface area contributed by atoms with E-state index in [9.17, 15) is 29.6 Å². The molecule has 16 heteroatoms. The average Bonchev–Trinajstić information content (AvgIpc) is 3.18. The normalized spacial score (nSPS) is 21.3. The summed E-state index contributed by atoms with van der Waals surface area (Å²) in [6.07, 6.45) is 0. The minimum Gasteiger partial charge on any atom is -0.480 e. The van der Waals surface area contributed by atoms with Gasteiger partial charge in [0.15, 0.2) is 0 Å². The van der Waals surface area contributed by atoms with Crippen LogP contribution >= 0.6 is 23.4 Å². The lowest BCUT2D eigenvalue weighted by Crippen LogP contribution is -2.71. The summed E-state index contributed by atoms with van der Waals surface area (Å²) in [5, 5.41) is 25.4. The van der Waals surface area contributed by atoms with E-state index in [1.54, 1.807) is 44.2 Å². The predicted octanol–water partition coefficient (Wildman–Crippen LogP) is 3.01. The van der Waals surface area contributed by atoms with Crippen molar-refractivity contribution in [1.82, 2.24) is 25.2 Å². The van der Waals surface area contributed by atoms with Crippen LogP contribution in [0.4, 0.5) is 11.6 Å². The van der Waals surface area contributed by atoms with Gasteiger partial charge in [-0.1, -0.05) is 30.3 Å². The number of rotatable bonds is 9. The molecule has 0 radical (unpaired) electrons. The Bertz CT molecular complexity index is 1530. The van der Waals surface area contributed by atoms with Gasteiger partial charge in [-0.25, -0.2) is 4.79 Å². The Morgan fingerprint density at radius 1 is 1.15 bits per heavy atom. The molecule has 2 aromatic carbocycles. The van der Waals surface area contributed by atoms with Crippen molar-refractivity contribution in [3.63, 3.8) is 0 Å². The fourth-order valence-corrected chi connectivity index (χ4v) is 6.42. The molecule has 1 aromatic heterocycles. The van der Waals surface area contributed by atoms with Gasteiger partial charge in [-0.2, -0.15) is 15.0 Å². The minimum atomic E-state index is -1.11. The summed E-state index contributed by atoms with van der Waals surface area (Å²) in [6, 6.07) is 10.6. The molecule has 0 spiro atoms. The number of non-ortho nitro benzene ring substituents is 1. The van der Waals surface area contributed by atoms with E-state index in [0.717, 1.165) is 0 Å². The zero-order chi connectivity index (χ0) is 29.5. The molecule has 4 atom stereocenters. The number of anilines is 1. The standard InChI is InChI=1S/C25H22ClN7O7S/c1-25(2)17(21(36)37)32-19(35)16(20(32)41-25)27-18(34)15(12-6-4-3-5-7-12)28-23-29-22(26)30-24(31-23)40-14-10-8-13(9-11-14)33(38)39/h3-11,15-17,20H,1-2H3,(H,27,34)(H,36,37)(H,28,29,30,31)/t15?,16-,17+,20-/m1/s1. The van der Waals surface area contributed by atoms with E-state index in [0.29, 0.717) is 5.56 Å². The summed E-state index contributed by atoms with van der Waals surface area (Å²) >= 11 is 7.39. The number of nitro groups is 1. The number of carboxylic acid groups (broad SMARTS) is 1. The summed E-state index contributed by atoms with van der Waals surface area (Å²) in [5.41, 5.74) is 0.391. The van der Waals surface area contributed by atoms with Gasteiger partial charge in [0, 0.05) is 16.9 Å². The van der Waals surface area contributed by atoms with E-state index in [2.05, 4.69) is 25.6 Å². The van der Waals surface area contributed by atoms with E-state index in [4.69, 9.17) is 16.3 Å². The van der Waals surface area contributed by atoms with Gasteiger partial charge in [-0.05, 0) is 43.1 Å². The van der Waals surface area contributed by atoms with Crippen molar-refractivity contribution in [1.29, 1.82) is 0 Å². The number of nitrogens with zero attached hydrogens (tertiary/aromatic N) is 5. The quantitative estimate of drug-likeness (QED) is 0.185. The number of nitro benzene ring substituents is 1. The number of aromatic nitrogens is 3. The van der Waals surface area contributed by atoms with Crippen LogP contribution in [0.25, 0.3) is 0 Å². The lowest BCUT2D eigenvalue weighted by Gasteiger charge is -2.44. The number of hydrogen-bond acceptors (Lipinski definition) is 11. The van der Waals surface area contributed by atoms with Crippen LogP contribution in [0.2, 0.25) is 5.28 Å². The van der Waals surface area contributed by atoms with Crippen molar-refractivity contribution in [3.8, 4) is 11.8 Å². The Morgan fingerprint density at radius 2 is 1.83 bits per heavy atom. The fourth-order valence-electron chi connectivity index (χ4n) is 4.64. The molecule has 2 aliphatic rings. The molecule has 5 rings (SSSR count). The number of nitrogens with one attached hydrogen (secondary N) is 2. The minimum absolute atomic E-state index is 0.116. The molecule has 0 aliphatic carbocycles. The fraction of sp³-hybridized carbons (Fsp3) is 0.280. The number of benzene rings is 2. The van der Waals surface area contributed by atoms with E-state index < -0.39 is 51.0 Å². The predicted molar refractivity (Wildman–Crippen MR) is 146 cm³/mol. The number of aliphatic carboxylic acids is 1. The summed E-state index contributed by atoms with van der Waals surface area (Å²) in [5.74, 6) is -2.09. The number of ether oxygens (including phenoxy) is 1. The molecule has 0 saturated carbocycles. The SMILES string of the molecule is CC1(C)S[C@@H]2[C@H](NC(=O)C(Nc3nc(Cl)nc(Oc4ccc([N+](=O)[O-])cc4)n3)c3ccccc3)C(=O)N2[C@H]1C(=O)O. The van der Waals surface area contributed by atoms with E-state index in [1.807, 2.05) is 0 Å². The third-order valence-electron chi connectivity index (χ3n) is 6.49. The highest BCUT2D eigenvalue weighted by Crippen LogP contribution is 2.50. The second kappa shape index (κ2) is 10.8. The number of thioether (sulfide) groups is 1. The molecule has 14 nitrogen and oxygen atoms in total. The molecule has 3 N–H and O–H groups in total. The van der Waals surface area contributed by atoms with Crippen molar-refractivity contribution in [3.05, 3.63) is 75.6 Å². The Hall–Kier alpha value is -4.50. The number of carbonyl (C=O) groups is 3. The van der Waals surface area contributed by atoms with Crippen LogP contribution in [0, 0.1) is 10.1 Å². The van der Waals surface area contributed by atoms with Crippen LogP contribution in [0.5, 0.6) is 11.8 Å². The maximum Gasteiger partial charge on any atom is 0.328 e. The van der Waals surface area contributed by atoms with E-state index in [1.165, 1.54) is 40.9 Å². The molecule has 2 aliphatic heterocycles. The first kappa shape index (κ1) is 28.0. The van der Waals surface area contributed by atoms with Gasteiger partial charge in [0.1, 0.15) is 29.2 Å². The topological polar surface area (TPSA) is 190 Å². The summed E-state index contributed by atoms with van der Waals surface area (Å²) < 4.78 is 4.83. The highest BCUT2D eigenvalue weighted by atomic mass is 35.5. The van der Waals surface area contributed by atoms with E-state index >= 15 is 0 Å². The zero-order valence-electron chi connectivity index (χ0n) is 21.4. The number of halogens is 1. The van der Waals surface area contributed by atoms with Crippen molar-refractivity contribution >= 4 is 52.8 Å². The first-order valence-electron chi connectivity index (χ1n) is 12.1. The maximum absolute atomic E-state index is 13.5. The van der Waals surface area contributed by atoms with Crippen LogP contribution in [-0.4, -0.2) is 69.9 Å². The van der Waals surface area contributed by atoms with Gasteiger partial charge in [0.2, 0.25) is 23.0 Å². The molecule has 212 valence electrons. The third kappa shape index (κ3) is 5.58. The van der Waals surface area contributed by atoms with Crippen LogP contribution in [0.15, 0.2) is 54.6 Å².